The molecule has 5 rings (SSSR count). The molecule has 0 spiro atoms. The Labute approximate surface area is 200 Å². The van der Waals surface area contributed by atoms with Crippen LogP contribution in [0.3, 0.4) is 0 Å². The summed E-state index contributed by atoms with van der Waals surface area (Å²) in [5, 5.41) is 12.4. The summed E-state index contributed by atoms with van der Waals surface area (Å²) in [6.45, 7) is 2.78. The second kappa shape index (κ2) is 10.1. The standard InChI is InChI=1S/C28H31N5O/c1-2-33-27-23(19-30-33)26(31-22-16-10-5-11-17-22)24(18-29-27)28(34)32-25(20-12-6-3-7-13-20)21-14-8-4-9-15-21/h3-4,6-9,12-15,18-19,22,25H,2,5,10-11,16-17H2,1H3,(H,29,31)(H,32,34). The first kappa shape index (κ1) is 22.1. The van der Waals surface area contributed by atoms with Crippen LogP contribution in [0.2, 0.25) is 0 Å². The number of anilines is 1. The lowest BCUT2D eigenvalue weighted by Gasteiger charge is -2.26. The van der Waals surface area contributed by atoms with Crippen LogP contribution >= 0.6 is 0 Å². The molecule has 1 aliphatic rings. The van der Waals surface area contributed by atoms with Crippen molar-refractivity contribution in [1.29, 1.82) is 0 Å². The molecule has 0 unspecified atom stereocenters. The number of nitrogens with one attached hydrogen (secondary N) is 2. The molecule has 2 aromatic carbocycles. The molecule has 1 fully saturated rings. The number of benzene rings is 2. The second-order valence-corrected chi connectivity index (χ2v) is 8.95. The quantitative estimate of drug-likeness (QED) is 0.376. The minimum absolute atomic E-state index is 0.144. The minimum atomic E-state index is -0.258. The van der Waals surface area contributed by atoms with E-state index in [4.69, 9.17) is 0 Å². The van der Waals surface area contributed by atoms with Crippen molar-refractivity contribution in [3.05, 3.63) is 89.7 Å². The van der Waals surface area contributed by atoms with Crippen LogP contribution in [0.5, 0.6) is 0 Å². The predicted molar refractivity (Wildman–Crippen MR) is 136 cm³/mol. The van der Waals surface area contributed by atoms with Gasteiger partial charge in [0.1, 0.15) is 0 Å². The van der Waals surface area contributed by atoms with E-state index in [1.807, 2.05) is 78.5 Å². The topological polar surface area (TPSA) is 71.8 Å². The van der Waals surface area contributed by atoms with Crippen LogP contribution in [-0.2, 0) is 6.54 Å². The van der Waals surface area contributed by atoms with Gasteiger partial charge in [0.25, 0.3) is 5.91 Å². The highest BCUT2D eigenvalue weighted by atomic mass is 16.1. The Balaban J connectivity index is 1.53. The third-order valence-corrected chi connectivity index (χ3v) is 6.71. The summed E-state index contributed by atoms with van der Waals surface area (Å²) in [4.78, 5) is 18.4. The molecule has 0 saturated heterocycles. The number of rotatable bonds is 7. The van der Waals surface area contributed by atoms with Gasteiger partial charge in [0, 0.05) is 18.8 Å². The molecule has 2 N–H and O–H groups in total. The molecule has 0 atom stereocenters. The van der Waals surface area contributed by atoms with Crippen molar-refractivity contribution in [3.8, 4) is 0 Å². The third kappa shape index (κ3) is 4.53. The third-order valence-electron chi connectivity index (χ3n) is 6.71. The van der Waals surface area contributed by atoms with Gasteiger partial charge in [-0.15, -0.1) is 0 Å². The van der Waals surface area contributed by atoms with Crippen molar-refractivity contribution in [2.24, 2.45) is 0 Å². The molecule has 1 aliphatic carbocycles. The van der Waals surface area contributed by atoms with E-state index >= 15 is 0 Å². The van der Waals surface area contributed by atoms with Crippen molar-refractivity contribution in [1.82, 2.24) is 20.1 Å². The molecule has 0 radical (unpaired) electrons. The fourth-order valence-electron chi connectivity index (χ4n) is 4.90. The molecule has 1 amide bonds. The number of nitrogens with zero attached hydrogens (tertiary/aromatic N) is 3. The predicted octanol–water partition coefficient (Wildman–Crippen LogP) is 5.72. The van der Waals surface area contributed by atoms with Crippen molar-refractivity contribution in [3.63, 3.8) is 0 Å². The maximum Gasteiger partial charge on any atom is 0.255 e. The Morgan fingerprint density at radius 2 is 1.62 bits per heavy atom. The van der Waals surface area contributed by atoms with Gasteiger partial charge in [-0.1, -0.05) is 79.9 Å². The highest BCUT2D eigenvalue weighted by Gasteiger charge is 2.24. The van der Waals surface area contributed by atoms with Crippen molar-refractivity contribution < 1.29 is 4.79 Å². The summed E-state index contributed by atoms with van der Waals surface area (Å²) < 4.78 is 1.87. The van der Waals surface area contributed by atoms with E-state index in [1.54, 1.807) is 6.20 Å². The Bertz CT molecular complexity index is 1210. The summed E-state index contributed by atoms with van der Waals surface area (Å²) in [6.07, 6.45) is 9.47. The number of aryl methyl sites for hydroxylation is 1. The zero-order chi connectivity index (χ0) is 23.3. The number of carbonyl (C=O) groups is 1. The molecule has 34 heavy (non-hydrogen) atoms. The van der Waals surface area contributed by atoms with Crippen molar-refractivity contribution in [2.75, 3.05) is 5.32 Å². The van der Waals surface area contributed by atoms with Crippen molar-refractivity contribution >= 4 is 22.6 Å². The molecule has 1 saturated carbocycles. The highest BCUT2D eigenvalue weighted by Crippen LogP contribution is 2.31. The number of pyridine rings is 1. The molecule has 6 nitrogen and oxygen atoms in total. The van der Waals surface area contributed by atoms with Gasteiger partial charge in [0.05, 0.1) is 28.9 Å². The van der Waals surface area contributed by atoms with Gasteiger partial charge < -0.3 is 10.6 Å². The van der Waals surface area contributed by atoms with Crippen LogP contribution in [-0.4, -0.2) is 26.7 Å². The summed E-state index contributed by atoms with van der Waals surface area (Å²) in [6, 6.07) is 20.3. The number of fused-ring (bicyclic) bond motifs is 1. The Kier molecular flexibility index (Phi) is 6.56. The monoisotopic (exact) mass is 453 g/mol. The van der Waals surface area contributed by atoms with E-state index in [0.29, 0.717) is 11.6 Å². The van der Waals surface area contributed by atoms with Crippen LogP contribution < -0.4 is 10.6 Å². The van der Waals surface area contributed by atoms with Gasteiger partial charge in [-0.05, 0) is 30.9 Å². The maximum absolute atomic E-state index is 13.8. The number of amides is 1. The van der Waals surface area contributed by atoms with E-state index < -0.39 is 0 Å². The van der Waals surface area contributed by atoms with Crippen LogP contribution in [0.25, 0.3) is 11.0 Å². The maximum atomic E-state index is 13.8. The van der Waals surface area contributed by atoms with E-state index in [2.05, 4.69) is 20.7 Å². The van der Waals surface area contributed by atoms with Crippen LogP contribution in [0.15, 0.2) is 73.1 Å². The largest absolute Gasteiger partial charge is 0.381 e. The lowest BCUT2D eigenvalue weighted by Crippen LogP contribution is -2.31. The van der Waals surface area contributed by atoms with Gasteiger partial charge in [-0.3, -0.25) is 4.79 Å². The SMILES string of the molecule is CCn1ncc2c(NC3CCCCC3)c(C(=O)NC(c3ccccc3)c3ccccc3)cnc21. The van der Waals surface area contributed by atoms with Crippen LogP contribution in [0, 0.1) is 0 Å². The highest BCUT2D eigenvalue weighted by molar-refractivity contribution is 6.06. The minimum Gasteiger partial charge on any atom is -0.381 e. The fourth-order valence-corrected chi connectivity index (χ4v) is 4.90. The van der Waals surface area contributed by atoms with E-state index in [-0.39, 0.29) is 11.9 Å². The lowest BCUT2D eigenvalue weighted by molar-refractivity contribution is 0.0943. The zero-order valence-corrected chi connectivity index (χ0v) is 19.6. The van der Waals surface area contributed by atoms with Gasteiger partial charge in [0.15, 0.2) is 5.65 Å². The molecular weight excluding hydrogens is 422 g/mol. The summed E-state index contributed by atoms with van der Waals surface area (Å²) in [7, 11) is 0. The number of aromatic nitrogens is 3. The average molecular weight is 454 g/mol. The summed E-state index contributed by atoms with van der Waals surface area (Å²) >= 11 is 0. The van der Waals surface area contributed by atoms with Crippen LogP contribution in [0.4, 0.5) is 5.69 Å². The zero-order valence-electron chi connectivity index (χ0n) is 19.6. The molecule has 2 aromatic heterocycles. The molecule has 6 heteroatoms. The average Bonchev–Trinajstić information content (AvgIpc) is 3.33. The van der Waals surface area contributed by atoms with E-state index in [9.17, 15) is 4.79 Å². The molecule has 0 bridgehead atoms. The van der Waals surface area contributed by atoms with Gasteiger partial charge in [0.2, 0.25) is 0 Å². The molecule has 2 heterocycles. The summed E-state index contributed by atoms with van der Waals surface area (Å²) in [5.74, 6) is -0.144. The Hall–Kier alpha value is -3.67. The summed E-state index contributed by atoms with van der Waals surface area (Å²) in [5.41, 5.74) is 4.29. The Morgan fingerprint density at radius 3 is 2.24 bits per heavy atom. The first-order valence-corrected chi connectivity index (χ1v) is 12.3. The molecule has 174 valence electrons. The first-order valence-electron chi connectivity index (χ1n) is 12.3. The first-order chi connectivity index (χ1) is 16.7. The van der Waals surface area contributed by atoms with Crippen molar-refractivity contribution in [2.45, 2.75) is 57.7 Å². The van der Waals surface area contributed by atoms with E-state index in [0.717, 1.165) is 47.2 Å². The normalized spacial score (nSPS) is 14.4. The lowest BCUT2D eigenvalue weighted by atomic mass is 9.94. The van der Waals surface area contributed by atoms with E-state index in [1.165, 1.54) is 19.3 Å². The van der Waals surface area contributed by atoms with Gasteiger partial charge in [-0.25, -0.2) is 9.67 Å². The number of hydrogen-bond donors (Lipinski definition) is 2. The van der Waals surface area contributed by atoms with Gasteiger partial charge >= 0.3 is 0 Å². The molecule has 4 aromatic rings. The second-order valence-electron chi connectivity index (χ2n) is 8.95. The molecular formula is C28H31N5O. The number of hydrogen-bond acceptors (Lipinski definition) is 4. The molecule has 0 aliphatic heterocycles. The fraction of sp³-hybridized carbons (Fsp3) is 0.321. The smallest absolute Gasteiger partial charge is 0.255 e. The Morgan fingerprint density at radius 1 is 0.971 bits per heavy atom. The van der Waals surface area contributed by atoms with Crippen LogP contribution in [0.1, 0.15) is 66.6 Å². The number of carbonyl (C=O) groups excluding carboxylic acids is 1. The van der Waals surface area contributed by atoms with Gasteiger partial charge in [-0.2, -0.15) is 5.10 Å².